The summed E-state index contributed by atoms with van der Waals surface area (Å²) >= 11 is 0. The Morgan fingerprint density at radius 3 is 2.50 bits per heavy atom. The fourth-order valence-corrected chi connectivity index (χ4v) is 1.12. The Balaban J connectivity index is 3.12. The van der Waals surface area contributed by atoms with E-state index in [1.807, 2.05) is 0 Å². The van der Waals surface area contributed by atoms with E-state index in [0.29, 0.717) is 6.07 Å². The minimum Gasteiger partial charge on any atom is -0.477 e. The normalized spacial score (nSPS) is 11.7. The number of alkyl halides is 3. The van der Waals surface area contributed by atoms with Crippen LogP contribution in [0.1, 0.15) is 29.9 Å². The molecule has 0 saturated carbocycles. The Morgan fingerprint density at radius 2 is 2.06 bits per heavy atom. The van der Waals surface area contributed by atoms with Gasteiger partial charge in [0.2, 0.25) is 5.88 Å². The van der Waals surface area contributed by atoms with Gasteiger partial charge in [-0.1, -0.05) is 13.8 Å². The topological polar surface area (TPSA) is 59.4 Å². The van der Waals surface area contributed by atoms with Gasteiger partial charge in [-0.3, -0.25) is 0 Å². The van der Waals surface area contributed by atoms with E-state index < -0.39 is 23.7 Å². The average molecular weight is 263 g/mol. The number of rotatable bonds is 4. The Labute approximate surface area is 101 Å². The van der Waals surface area contributed by atoms with Gasteiger partial charge in [0, 0.05) is 0 Å². The molecule has 1 rings (SSSR count). The molecule has 1 aromatic heterocycles. The van der Waals surface area contributed by atoms with Crippen LogP contribution in [0.2, 0.25) is 0 Å². The molecule has 0 bridgehead atoms. The summed E-state index contributed by atoms with van der Waals surface area (Å²) in [6, 6.07) is 1.46. The van der Waals surface area contributed by atoms with Crippen LogP contribution in [0.15, 0.2) is 12.1 Å². The van der Waals surface area contributed by atoms with Gasteiger partial charge in [-0.05, 0) is 18.1 Å². The van der Waals surface area contributed by atoms with Crippen LogP contribution in [0.5, 0.6) is 5.88 Å². The van der Waals surface area contributed by atoms with Crippen molar-refractivity contribution in [1.29, 1.82) is 0 Å². The van der Waals surface area contributed by atoms with Crippen molar-refractivity contribution in [2.45, 2.75) is 20.0 Å². The Kier molecular flexibility index (Phi) is 4.15. The lowest BCUT2D eigenvalue weighted by atomic mass is 10.2. The molecule has 0 fully saturated rings. The zero-order valence-electron chi connectivity index (χ0n) is 9.78. The molecule has 0 unspecified atom stereocenters. The quantitative estimate of drug-likeness (QED) is 0.907. The van der Waals surface area contributed by atoms with Crippen molar-refractivity contribution in [3.05, 3.63) is 23.4 Å². The third-order valence-corrected chi connectivity index (χ3v) is 1.93. The molecule has 18 heavy (non-hydrogen) atoms. The molecule has 0 aliphatic carbocycles. The number of nitrogens with zero attached hydrogens (tertiary/aromatic N) is 1. The van der Waals surface area contributed by atoms with Crippen LogP contribution in [0.3, 0.4) is 0 Å². The van der Waals surface area contributed by atoms with Gasteiger partial charge < -0.3 is 9.84 Å². The van der Waals surface area contributed by atoms with Gasteiger partial charge in [0.1, 0.15) is 11.3 Å². The van der Waals surface area contributed by atoms with Gasteiger partial charge >= 0.3 is 12.1 Å². The van der Waals surface area contributed by atoms with E-state index in [9.17, 15) is 18.0 Å². The minimum atomic E-state index is -4.63. The number of pyridine rings is 1. The molecule has 1 aromatic rings. The van der Waals surface area contributed by atoms with Crippen LogP contribution >= 0.6 is 0 Å². The maximum atomic E-state index is 12.4. The molecule has 0 aliphatic rings. The molecule has 0 aliphatic heterocycles. The highest BCUT2D eigenvalue weighted by atomic mass is 19.4. The summed E-state index contributed by atoms with van der Waals surface area (Å²) in [6.07, 6.45) is -4.63. The molecular weight excluding hydrogens is 251 g/mol. The Hall–Kier alpha value is -1.79. The summed E-state index contributed by atoms with van der Waals surface area (Å²) < 4.78 is 42.3. The van der Waals surface area contributed by atoms with Gasteiger partial charge in [0.25, 0.3) is 0 Å². The van der Waals surface area contributed by atoms with E-state index in [1.165, 1.54) is 0 Å². The van der Waals surface area contributed by atoms with E-state index >= 15 is 0 Å². The number of carbonyl (C=O) groups is 1. The third kappa shape index (κ3) is 3.61. The standard InChI is InChI=1S/C11H12F3NO3/c1-6(2)5-18-9-7(10(16)17)3-4-8(15-9)11(12,13)14/h3-4,6H,5H2,1-2H3,(H,16,17). The summed E-state index contributed by atoms with van der Waals surface area (Å²) in [5.41, 5.74) is -1.56. The zero-order chi connectivity index (χ0) is 13.9. The first-order chi connectivity index (χ1) is 8.21. The second-order valence-electron chi connectivity index (χ2n) is 4.06. The van der Waals surface area contributed by atoms with Crippen molar-refractivity contribution in [3.63, 3.8) is 0 Å². The maximum absolute atomic E-state index is 12.4. The second kappa shape index (κ2) is 5.24. The molecule has 7 heteroatoms. The van der Waals surface area contributed by atoms with E-state index in [0.717, 1.165) is 6.07 Å². The highest BCUT2D eigenvalue weighted by molar-refractivity contribution is 5.90. The Morgan fingerprint density at radius 1 is 1.44 bits per heavy atom. The van der Waals surface area contributed by atoms with Crippen molar-refractivity contribution >= 4 is 5.97 Å². The number of aromatic nitrogens is 1. The van der Waals surface area contributed by atoms with E-state index in [4.69, 9.17) is 9.84 Å². The number of aromatic carboxylic acids is 1. The lowest BCUT2D eigenvalue weighted by Crippen LogP contribution is -2.14. The van der Waals surface area contributed by atoms with Crippen LogP contribution in [0, 0.1) is 5.92 Å². The van der Waals surface area contributed by atoms with Crippen molar-refractivity contribution in [2.24, 2.45) is 5.92 Å². The molecule has 0 aromatic carbocycles. The highest BCUT2D eigenvalue weighted by Crippen LogP contribution is 2.30. The molecule has 100 valence electrons. The number of carboxylic acids is 1. The molecule has 4 nitrogen and oxygen atoms in total. The second-order valence-corrected chi connectivity index (χ2v) is 4.06. The van der Waals surface area contributed by atoms with Crippen LogP contribution in [0.4, 0.5) is 13.2 Å². The van der Waals surface area contributed by atoms with Crippen LogP contribution in [-0.4, -0.2) is 22.7 Å². The van der Waals surface area contributed by atoms with E-state index in [-0.39, 0.29) is 18.1 Å². The molecular formula is C11H12F3NO3. The average Bonchev–Trinajstić information content (AvgIpc) is 2.24. The number of hydrogen-bond acceptors (Lipinski definition) is 3. The van der Waals surface area contributed by atoms with Crippen molar-refractivity contribution < 1.29 is 27.8 Å². The number of carboxylic acid groups (broad SMARTS) is 1. The summed E-state index contributed by atoms with van der Waals surface area (Å²) in [5.74, 6) is -1.84. The van der Waals surface area contributed by atoms with Crippen molar-refractivity contribution in [3.8, 4) is 5.88 Å². The monoisotopic (exact) mass is 263 g/mol. The molecule has 0 amide bonds. The first-order valence-corrected chi connectivity index (χ1v) is 5.16. The highest BCUT2D eigenvalue weighted by Gasteiger charge is 2.34. The smallest absolute Gasteiger partial charge is 0.433 e. The summed E-state index contributed by atoms with van der Waals surface area (Å²) in [7, 11) is 0. The molecule has 1 N–H and O–H groups in total. The minimum absolute atomic E-state index is 0.0444. The fourth-order valence-electron chi connectivity index (χ4n) is 1.12. The summed E-state index contributed by atoms with van der Waals surface area (Å²) in [5, 5.41) is 8.82. The lowest BCUT2D eigenvalue weighted by molar-refractivity contribution is -0.141. The number of ether oxygens (including phenoxy) is 1. The van der Waals surface area contributed by atoms with E-state index in [2.05, 4.69) is 4.98 Å². The van der Waals surface area contributed by atoms with Gasteiger partial charge in [-0.2, -0.15) is 13.2 Å². The van der Waals surface area contributed by atoms with Crippen LogP contribution in [-0.2, 0) is 6.18 Å². The van der Waals surface area contributed by atoms with Crippen molar-refractivity contribution in [2.75, 3.05) is 6.61 Å². The van der Waals surface area contributed by atoms with Gasteiger partial charge in [-0.25, -0.2) is 9.78 Å². The van der Waals surface area contributed by atoms with Crippen molar-refractivity contribution in [1.82, 2.24) is 4.98 Å². The number of halogens is 3. The zero-order valence-corrected chi connectivity index (χ0v) is 9.78. The Bertz CT molecular complexity index is 444. The molecule has 0 radical (unpaired) electrons. The first kappa shape index (κ1) is 14.3. The first-order valence-electron chi connectivity index (χ1n) is 5.16. The predicted molar refractivity (Wildman–Crippen MR) is 56.5 cm³/mol. The molecule has 0 saturated heterocycles. The van der Waals surface area contributed by atoms with Gasteiger partial charge in [0.15, 0.2) is 0 Å². The molecule has 1 heterocycles. The summed E-state index contributed by atoms with van der Waals surface area (Å²) in [6.45, 7) is 3.66. The number of hydrogen-bond donors (Lipinski definition) is 1. The van der Waals surface area contributed by atoms with Gasteiger partial charge in [0.05, 0.1) is 6.61 Å². The fraction of sp³-hybridized carbons (Fsp3) is 0.455. The summed E-state index contributed by atoms with van der Waals surface area (Å²) in [4.78, 5) is 14.0. The lowest BCUT2D eigenvalue weighted by Gasteiger charge is -2.12. The largest absolute Gasteiger partial charge is 0.477 e. The molecule has 0 atom stereocenters. The maximum Gasteiger partial charge on any atom is 0.433 e. The molecule has 0 spiro atoms. The third-order valence-electron chi connectivity index (χ3n) is 1.93. The van der Waals surface area contributed by atoms with Gasteiger partial charge in [-0.15, -0.1) is 0 Å². The van der Waals surface area contributed by atoms with Crippen LogP contribution < -0.4 is 4.74 Å². The SMILES string of the molecule is CC(C)COc1nc(C(F)(F)F)ccc1C(=O)O. The predicted octanol–water partition coefficient (Wildman–Crippen LogP) is 2.83. The van der Waals surface area contributed by atoms with E-state index in [1.54, 1.807) is 13.8 Å². The van der Waals surface area contributed by atoms with Crippen LogP contribution in [0.25, 0.3) is 0 Å².